The second-order valence-electron chi connectivity index (χ2n) is 3.65. The predicted octanol–water partition coefficient (Wildman–Crippen LogP) is 1.43. The van der Waals surface area contributed by atoms with Gasteiger partial charge in [0.15, 0.2) is 5.82 Å². The molecule has 0 aliphatic rings. The quantitative estimate of drug-likeness (QED) is 0.878. The molecule has 1 heterocycles. The van der Waals surface area contributed by atoms with Gasteiger partial charge in [0.2, 0.25) is 11.8 Å². The Bertz CT molecular complexity index is 613. The van der Waals surface area contributed by atoms with Crippen LogP contribution in [-0.4, -0.2) is 16.0 Å². The smallest absolute Gasteiger partial charge is 0.232 e. The van der Waals surface area contributed by atoms with E-state index in [4.69, 9.17) is 9.78 Å². The van der Waals surface area contributed by atoms with Gasteiger partial charge in [-0.1, -0.05) is 11.2 Å². The van der Waals surface area contributed by atoms with Crippen LogP contribution in [-0.2, 0) is 11.2 Å². The molecular weight excluding hydrogens is 232 g/mol. The van der Waals surface area contributed by atoms with Crippen LogP contribution in [0.4, 0.5) is 5.69 Å². The van der Waals surface area contributed by atoms with Crippen molar-refractivity contribution in [2.45, 2.75) is 13.3 Å². The number of nitrogens with one attached hydrogen (secondary N) is 1. The lowest BCUT2D eigenvalue weighted by atomic mass is 10.2. The van der Waals surface area contributed by atoms with Crippen molar-refractivity contribution in [3.63, 3.8) is 0 Å². The third-order valence-corrected chi connectivity index (χ3v) is 2.16. The molecule has 2 aromatic rings. The molecule has 1 N–H and O–H groups in total. The molecule has 1 aromatic heterocycles. The number of nitrogens with zero attached hydrogens (tertiary/aromatic N) is 3. The van der Waals surface area contributed by atoms with Gasteiger partial charge >= 0.3 is 0 Å². The van der Waals surface area contributed by atoms with Gasteiger partial charge in [0.25, 0.3) is 0 Å². The van der Waals surface area contributed by atoms with E-state index in [-0.39, 0.29) is 12.3 Å². The van der Waals surface area contributed by atoms with Gasteiger partial charge in [0.1, 0.15) is 0 Å². The van der Waals surface area contributed by atoms with Crippen LogP contribution in [0.15, 0.2) is 28.8 Å². The normalized spacial score (nSPS) is 9.78. The van der Waals surface area contributed by atoms with Gasteiger partial charge in [-0.25, -0.2) is 0 Å². The van der Waals surface area contributed by atoms with Gasteiger partial charge in [-0.3, -0.25) is 4.79 Å². The Labute approximate surface area is 103 Å². The summed E-state index contributed by atoms with van der Waals surface area (Å²) in [5.41, 5.74) is 1.06. The first-order valence-electron chi connectivity index (χ1n) is 5.26. The van der Waals surface area contributed by atoms with E-state index in [1.165, 1.54) is 0 Å². The minimum absolute atomic E-state index is 0.0358. The van der Waals surface area contributed by atoms with E-state index in [1.807, 2.05) is 6.07 Å². The van der Waals surface area contributed by atoms with E-state index in [2.05, 4.69) is 15.5 Å². The van der Waals surface area contributed by atoms with Crippen LogP contribution in [0.5, 0.6) is 0 Å². The van der Waals surface area contributed by atoms with Gasteiger partial charge in [0, 0.05) is 12.6 Å². The van der Waals surface area contributed by atoms with Crippen LogP contribution >= 0.6 is 0 Å². The Kier molecular flexibility index (Phi) is 3.34. The highest BCUT2D eigenvalue weighted by atomic mass is 16.5. The van der Waals surface area contributed by atoms with Crippen LogP contribution in [0.25, 0.3) is 0 Å². The van der Waals surface area contributed by atoms with Gasteiger partial charge in [-0.2, -0.15) is 10.2 Å². The van der Waals surface area contributed by atoms with Crippen molar-refractivity contribution >= 4 is 11.6 Å². The molecule has 6 heteroatoms. The van der Waals surface area contributed by atoms with Crippen molar-refractivity contribution in [1.29, 1.82) is 5.26 Å². The number of aryl methyl sites for hydroxylation is 1. The topological polar surface area (TPSA) is 91.8 Å². The van der Waals surface area contributed by atoms with Gasteiger partial charge < -0.3 is 9.84 Å². The summed E-state index contributed by atoms with van der Waals surface area (Å²) < 4.78 is 4.77. The molecule has 0 aliphatic carbocycles. The summed E-state index contributed by atoms with van der Waals surface area (Å²) in [6.45, 7) is 1.66. The third-order valence-electron chi connectivity index (χ3n) is 2.16. The molecule has 2 rings (SSSR count). The van der Waals surface area contributed by atoms with Gasteiger partial charge in [-0.05, 0) is 18.2 Å². The van der Waals surface area contributed by atoms with Crippen LogP contribution in [0.3, 0.4) is 0 Å². The first kappa shape index (κ1) is 11.8. The molecule has 0 atom stereocenters. The van der Waals surface area contributed by atoms with E-state index >= 15 is 0 Å². The average Bonchev–Trinajstić information content (AvgIpc) is 2.74. The Morgan fingerprint density at radius 3 is 3.06 bits per heavy atom. The van der Waals surface area contributed by atoms with E-state index < -0.39 is 0 Å². The molecular formula is C12H10N4O2. The Balaban J connectivity index is 2.01. The molecule has 0 saturated carbocycles. The number of rotatable bonds is 3. The van der Waals surface area contributed by atoms with Crippen molar-refractivity contribution in [3.8, 4) is 6.07 Å². The summed E-state index contributed by atoms with van der Waals surface area (Å²) in [6.07, 6.45) is 0.0358. The molecule has 0 bridgehead atoms. The van der Waals surface area contributed by atoms with E-state index in [9.17, 15) is 4.79 Å². The second kappa shape index (κ2) is 5.10. The number of hydrogen-bond donors (Lipinski definition) is 1. The summed E-state index contributed by atoms with van der Waals surface area (Å²) in [4.78, 5) is 15.6. The summed E-state index contributed by atoms with van der Waals surface area (Å²) in [7, 11) is 0. The van der Waals surface area contributed by atoms with Crippen molar-refractivity contribution in [3.05, 3.63) is 41.5 Å². The number of nitriles is 1. The highest BCUT2D eigenvalue weighted by Crippen LogP contribution is 2.10. The number of hydrogen-bond acceptors (Lipinski definition) is 5. The van der Waals surface area contributed by atoms with Crippen LogP contribution in [0, 0.1) is 18.3 Å². The van der Waals surface area contributed by atoms with Gasteiger partial charge in [0.05, 0.1) is 18.1 Å². The maximum Gasteiger partial charge on any atom is 0.232 e. The number of carbonyl (C=O) groups is 1. The van der Waals surface area contributed by atoms with Crippen molar-refractivity contribution in [1.82, 2.24) is 10.1 Å². The lowest BCUT2D eigenvalue weighted by molar-refractivity contribution is -0.115. The second-order valence-corrected chi connectivity index (χ2v) is 3.65. The fraction of sp³-hybridized carbons (Fsp3) is 0.167. The molecule has 90 valence electrons. The number of aromatic nitrogens is 2. The summed E-state index contributed by atoms with van der Waals surface area (Å²) in [5, 5.41) is 15.0. The van der Waals surface area contributed by atoms with E-state index in [1.54, 1.807) is 31.2 Å². The molecule has 0 unspecified atom stereocenters. The lowest BCUT2D eigenvalue weighted by Gasteiger charge is -2.03. The molecule has 1 aromatic carbocycles. The Hall–Kier alpha value is -2.68. The third kappa shape index (κ3) is 2.92. The number of carbonyl (C=O) groups excluding carboxylic acids is 1. The van der Waals surface area contributed by atoms with Crippen molar-refractivity contribution < 1.29 is 9.32 Å². The first-order valence-corrected chi connectivity index (χ1v) is 5.26. The molecule has 18 heavy (non-hydrogen) atoms. The highest BCUT2D eigenvalue weighted by molar-refractivity contribution is 5.91. The summed E-state index contributed by atoms with van der Waals surface area (Å²) in [5.74, 6) is 0.497. The molecule has 0 aliphatic heterocycles. The number of amides is 1. The monoisotopic (exact) mass is 242 g/mol. The Morgan fingerprint density at radius 1 is 1.56 bits per heavy atom. The average molecular weight is 242 g/mol. The Morgan fingerprint density at radius 2 is 2.39 bits per heavy atom. The zero-order valence-electron chi connectivity index (χ0n) is 9.67. The maximum absolute atomic E-state index is 11.7. The lowest BCUT2D eigenvalue weighted by Crippen LogP contribution is -2.15. The minimum Gasteiger partial charge on any atom is -0.340 e. The number of anilines is 1. The molecule has 0 radical (unpaired) electrons. The predicted molar refractivity (Wildman–Crippen MR) is 62.5 cm³/mol. The van der Waals surface area contributed by atoms with Gasteiger partial charge in [-0.15, -0.1) is 0 Å². The molecule has 6 nitrogen and oxygen atoms in total. The highest BCUT2D eigenvalue weighted by Gasteiger charge is 2.09. The van der Waals surface area contributed by atoms with Crippen molar-refractivity contribution in [2.75, 3.05) is 5.32 Å². The zero-order chi connectivity index (χ0) is 13.0. The first-order chi connectivity index (χ1) is 8.67. The maximum atomic E-state index is 11.7. The molecule has 1 amide bonds. The standard InChI is InChI=1S/C12H10N4O2/c1-8-14-11(16-18-8)6-12(17)15-10-4-2-3-9(5-10)7-13/h2-5H,6H2,1H3,(H,15,17). The molecule has 0 spiro atoms. The minimum atomic E-state index is -0.258. The largest absolute Gasteiger partial charge is 0.340 e. The van der Waals surface area contributed by atoms with Crippen molar-refractivity contribution in [2.24, 2.45) is 0 Å². The summed E-state index contributed by atoms with van der Waals surface area (Å²) >= 11 is 0. The molecule has 0 saturated heterocycles. The zero-order valence-corrected chi connectivity index (χ0v) is 9.67. The van der Waals surface area contributed by atoms with Crippen LogP contribution < -0.4 is 5.32 Å². The SMILES string of the molecule is Cc1nc(CC(=O)Nc2cccc(C#N)c2)no1. The van der Waals surface area contributed by atoms with E-state index in [0.29, 0.717) is 23.0 Å². The molecule has 0 fully saturated rings. The van der Waals surface area contributed by atoms with Crippen LogP contribution in [0.2, 0.25) is 0 Å². The fourth-order valence-electron chi connectivity index (χ4n) is 1.43. The fourth-order valence-corrected chi connectivity index (χ4v) is 1.43. The summed E-state index contributed by atoms with van der Waals surface area (Å²) in [6, 6.07) is 8.67. The van der Waals surface area contributed by atoms with Crippen LogP contribution in [0.1, 0.15) is 17.3 Å². The number of benzene rings is 1. The van der Waals surface area contributed by atoms with E-state index in [0.717, 1.165) is 0 Å².